The molecule has 0 spiro atoms. The van der Waals surface area contributed by atoms with Crippen molar-refractivity contribution in [1.29, 1.82) is 0 Å². The summed E-state index contributed by atoms with van der Waals surface area (Å²) in [5, 5.41) is 0. The van der Waals surface area contributed by atoms with E-state index in [-0.39, 0.29) is 11.2 Å². The smallest absolute Gasteiger partial charge is 0.406 e. The minimum atomic E-state index is -0.355. The highest BCUT2D eigenvalue weighted by Crippen LogP contribution is 2.20. The van der Waals surface area contributed by atoms with Crippen molar-refractivity contribution < 1.29 is 4.42 Å². The van der Waals surface area contributed by atoms with Crippen LogP contribution < -0.4 is 11.5 Å². The van der Waals surface area contributed by atoms with Gasteiger partial charge in [0.05, 0.1) is 0 Å². The van der Waals surface area contributed by atoms with Crippen LogP contribution in [0.2, 0.25) is 0 Å². The van der Waals surface area contributed by atoms with Crippen molar-refractivity contribution in [2.45, 2.75) is 26.8 Å². The molecule has 2 rings (SSSR count). The topological polar surface area (TPSA) is 74.0 Å². The molecule has 0 amide bonds. The molecule has 5 heteroatoms. The van der Waals surface area contributed by atoms with Gasteiger partial charge in [-0.15, -0.1) is 0 Å². The first kappa shape index (κ1) is 11.9. The van der Waals surface area contributed by atoms with Crippen molar-refractivity contribution in [1.82, 2.24) is 9.55 Å². The molecule has 0 saturated heterocycles. The summed E-state index contributed by atoms with van der Waals surface area (Å²) in [7, 11) is 0. The number of pyridine rings is 1. The van der Waals surface area contributed by atoms with Gasteiger partial charge in [-0.25, -0.2) is 9.78 Å². The van der Waals surface area contributed by atoms with E-state index < -0.39 is 0 Å². The summed E-state index contributed by atoms with van der Waals surface area (Å²) in [6.45, 7) is 5.32. The van der Waals surface area contributed by atoms with Gasteiger partial charge in [0.25, 0.3) is 0 Å². The first-order chi connectivity index (χ1) is 8.03. The molecule has 0 atom stereocenters. The molecular formula is C12H17N3O2. The Balaban J connectivity index is 2.30. The molecule has 0 saturated carbocycles. The second kappa shape index (κ2) is 4.33. The van der Waals surface area contributed by atoms with E-state index in [0.717, 1.165) is 6.42 Å². The molecule has 0 aromatic carbocycles. The number of hydrogen-bond acceptors (Lipinski definition) is 4. The summed E-state index contributed by atoms with van der Waals surface area (Å²) in [4.78, 5) is 15.8. The van der Waals surface area contributed by atoms with Gasteiger partial charge in [-0.1, -0.05) is 13.8 Å². The minimum absolute atomic E-state index is 0.0117. The third kappa shape index (κ3) is 2.39. The fraction of sp³-hybridized carbons (Fsp3) is 0.500. The first-order valence-electron chi connectivity index (χ1n) is 5.68. The molecule has 0 aliphatic heterocycles. The van der Waals surface area contributed by atoms with E-state index in [9.17, 15) is 4.79 Å². The molecule has 2 aromatic rings. The Morgan fingerprint density at radius 3 is 3.00 bits per heavy atom. The maximum absolute atomic E-state index is 11.7. The standard InChI is InChI=1S/C12H17N3O2/c1-12(2,8-13)5-7-15-10-9(17-11(15)16)4-3-6-14-10/h3-4,6H,5,7-8,13H2,1-2H3. The zero-order chi connectivity index (χ0) is 12.5. The van der Waals surface area contributed by atoms with Gasteiger partial charge in [-0.2, -0.15) is 0 Å². The van der Waals surface area contributed by atoms with Crippen LogP contribution in [0.3, 0.4) is 0 Å². The molecule has 0 radical (unpaired) electrons. The highest BCUT2D eigenvalue weighted by atomic mass is 16.4. The molecular weight excluding hydrogens is 218 g/mol. The Hall–Kier alpha value is -1.62. The second-order valence-electron chi connectivity index (χ2n) is 4.96. The van der Waals surface area contributed by atoms with Crippen molar-refractivity contribution in [3.8, 4) is 0 Å². The summed E-state index contributed by atoms with van der Waals surface area (Å²) in [5.41, 5.74) is 6.81. The molecule has 0 aliphatic rings. The Bertz CT molecular complexity index is 568. The maximum atomic E-state index is 11.7. The number of hydrogen-bond donors (Lipinski definition) is 1. The highest BCUT2D eigenvalue weighted by Gasteiger charge is 2.17. The van der Waals surface area contributed by atoms with Gasteiger partial charge in [0.2, 0.25) is 0 Å². The lowest BCUT2D eigenvalue weighted by molar-refractivity contribution is 0.319. The minimum Gasteiger partial charge on any atom is -0.406 e. The van der Waals surface area contributed by atoms with Crippen molar-refractivity contribution in [3.05, 3.63) is 28.9 Å². The van der Waals surface area contributed by atoms with E-state index in [2.05, 4.69) is 18.8 Å². The zero-order valence-electron chi connectivity index (χ0n) is 10.1. The number of oxazole rings is 1. The Kier molecular flexibility index (Phi) is 3.02. The summed E-state index contributed by atoms with van der Waals surface area (Å²) >= 11 is 0. The van der Waals surface area contributed by atoms with E-state index in [1.54, 1.807) is 22.9 Å². The van der Waals surface area contributed by atoms with Crippen LogP contribution in [0, 0.1) is 5.41 Å². The molecule has 0 aliphatic carbocycles. The summed E-state index contributed by atoms with van der Waals surface area (Å²) in [5.74, 6) is -0.355. The Labute approximate surface area is 99.2 Å². The van der Waals surface area contributed by atoms with E-state index in [0.29, 0.717) is 24.3 Å². The number of nitrogens with two attached hydrogens (primary N) is 1. The normalized spacial score (nSPS) is 12.2. The van der Waals surface area contributed by atoms with Gasteiger partial charge in [0.15, 0.2) is 11.2 Å². The Morgan fingerprint density at radius 2 is 2.29 bits per heavy atom. The van der Waals surface area contributed by atoms with Gasteiger partial charge in [0, 0.05) is 12.7 Å². The lowest BCUT2D eigenvalue weighted by atomic mass is 9.90. The van der Waals surface area contributed by atoms with Crippen molar-refractivity contribution >= 4 is 11.2 Å². The monoisotopic (exact) mass is 235 g/mol. The number of nitrogens with zero attached hydrogens (tertiary/aromatic N) is 2. The van der Waals surface area contributed by atoms with Crippen LogP contribution in [0.5, 0.6) is 0 Å². The summed E-state index contributed by atoms with van der Waals surface area (Å²) < 4.78 is 6.67. The van der Waals surface area contributed by atoms with E-state index in [1.165, 1.54) is 0 Å². The van der Waals surface area contributed by atoms with Gasteiger partial charge >= 0.3 is 5.76 Å². The van der Waals surface area contributed by atoms with Gasteiger partial charge < -0.3 is 10.2 Å². The van der Waals surface area contributed by atoms with Crippen LogP contribution in [0.15, 0.2) is 27.5 Å². The fourth-order valence-corrected chi connectivity index (χ4v) is 1.61. The van der Waals surface area contributed by atoms with Crippen LogP contribution in [0.4, 0.5) is 0 Å². The van der Waals surface area contributed by atoms with Crippen molar-refractivity contribution in [2.24, 2.45) is 11.1 Å². The van der Waals surface area contributed by atoms with Crippen molar-refractivity contribution in [2.75, 3.05) is 6.54 Å². The third-order valence-corrected chi connectivity index (χ3v) is 2.99. The van der Waals surface area contributed by atoms with Crippen LogP contribution in [-0.4, -0.2) is 16.1 Å². The first-order valence-corrected chi connectivity index (χ1v) is 5.68. The molecule has 2 aromatic heterocycles. The number of aromatic nitrogens is 2. The highest BCUT2D eigenvalue weighted by molar-refractivity contribution is 5.67. The molecule has 0 bridgehead atoms. The van der Waals surface area contributed by atoms with Crippen molar-refractivity contribution in [3.63, 3.8) is 0 Å². The fourth-order valence-electron chi connectivity index (χ4n) is 1.61. The predicted octanol–water partition coefficient (Wildman–Crippen LogP) is 1.36. The van der Waals surface area contributed by atoms with Gasteiger partial charge in [-0.05, 0) is 30.5 Å². The second-order valence-corrected chi connectivity index (χ2v) is 4.96. The lowest BCUT2D eigenvalue weighted by Gasteiger charge is -2.21. The van der Waals surface area contributed by atoms with Crippen LogP contribution in [-0.2, 0) is 6.54 Å². The molecule has 2 heterocycles. The van der Waals surface area contributed by atoms with E-state index >= 15 is 0 Å². The number of fused-ring (bicyclic) bond motifs is 1. The van der Waals surface area contributed by atoms with E-state index in [4.69, 9.17) is 10.2 Å². The summed E-state index contributed by atoms with van der Waals surface area (Å²) in [6.07, 6.45) is 2.47. The zero-order valence-corrected chi connectivity index (χ0v) is 10.1. The average molecular weight is 235 g/mol. The number of aryl methyl sites for hydroxylation is 1. The van der Waals surface area contributed by atoms with E-state index in [1.807, 2.05) is 0 Å². The largest absolute Gasteiger partial charge is 0.421 e. The molecule has 5 nitrogen and oxygen atoms in total. The molecule has 0 unspecified atom stereocenters. The van der Waals surface area contributed by atoms with Gasteiger partial charge in [-0.3, -0.25) is 4.57 Å². The average Bonchev–Trinajstić information content (AvgIpc) is 2.62. The van der Waals surface area contributed by atoms with Crippen LogP contribution >= 0.6 is 0 Å². The molecule has 17 heavy (non-hydrogen) atoms. The molecule has 92 valence electrons. The van der Waals surface area contributed by atoms with Crippen LogP contribution in [0.1, 0.15) is 20.3 Å². The third-order valence-electron chi connectivity index (χ3n) is 2.99. The maximum Gasteiger partial charge on any atom is 0.421 e. The lowest BCUT2D eigenvalue weighted by Crippen LogP contribution is -2.27. The Morgan fingerprint density at radius 1 is 1.53 bits per heavy atom. The molecule has 0 fully saturated rings. The van der Waals surface area contributed by atoms with Crippen LogP contribution in [0.25, 0.3) is 11.2 Å². The SMILES string of the molecule is CC(C)(CN)CCn1c(=O)oc2cccnc21. The quantitative estimate of drug-likeness (QED) is 0.868. The van der Waals surface area contributed by atoms with Gasteiger partial charge in [0.1, 0.15) is 0 Å². The number of rotatable bonds is 4. The predicted molar refractivity (Wildman–Crippen MR) is 65.7 cm³/mol. The molecule has 2 N–H and O–H groups in total. The summed E-state index contributed by atoms with van der Waals surface area (Å²) in [6, 6.07) is 3.49.